The molecule has 0 radical (unpaired) electrons. The second-order valence-corrected chi connectivity index (χ2v) is 4.80. The zero-order valence-electron chi connectivity index (χ0n) is 12.4. The Balaban J connectivity index is 2.63. The molecule has 0 aromatic heterocycles. The van der Waals surface area contributed by atoms with Gasteiger partial charge in [0.2, 0.25) is 0 Å². The first kappa shape index (κ1) is 15.2. The molecule has 0 spiro atoms. The number of ether oxygens (including phenoxy) is 2. The van der Waals surface area contributed by atoms with Gasteiger partial charge in [-0.15, -0.1) is 0 Å². The number of carboxylic acid groups (broad SMARTS) is 1. The average Bonchev–Trinajstić information content (AvgIpc) is 2.50. The largest absolute Gasteiger partial charge is 0.493 e. The molecule has 2 aromatic rings. The summed E-state index contributed by atoms with van der Waals surface area (Å²) in [5, 5.41) is 11.1. The fraction of sp³-hybridized carbons (Fsp3) is 0.353. The van der Waals surface area contributed by atoms with Crippen molar-refractivity contribution in [3.63, 3.8) is 0 Å². The van der Waals surface area contributed by atoms with Gasteiger partial charge in [-0.05, 0) is 18.9 Å². The second-order valence-electron chi connectivity index (χ2n) is 4.80. The molecule has 0 unspecified atom stereocenters. The van der Waals surface area contributed by atoms with E-state index in [1.54, 1.807) is 6.07 Å². The number of hydrogen-bond donors (Lipinski definition) is 1. The van der Waals surface area contributed by atoms with Crippen LogP contribution in [-0.4, -0.2) is 24.3 Å². The Morgan fingerprint density at radius 3 is 2.29 bits per heavy atom. The first-order chi connectivity index (χ1) is 10.2. The van der Waals surface area contributed by atoms with E-state index in [0.29, 0.717) is 24.7 Å². The Labute approximate surface area is 124 Å². The molecule has 0 aliphatic rings. The Bertz CT molecular complexity index is 634. The highest BCUT2D eigenvalue weighted by molar-refractivity contribution is 6.03. The van der Waals surface area contributed by atoms with Crippen LogP contribution in [0.5, 0.6) is 11.5 Å². The lowest BCUT2D eigenvalue weighted by Gasteiger charge is -2.15. The molecule has 21 heavy (non-hydrogen) atoms. The van der Waals surface area contributed by atoms with Gasteiger partial charge in [0.25, 0.3) is 0 Å². The van der Waals surface area contributed by atoms with Gasteiger partial charge in [-0.25, -0.2) is 4.79 Å². The van der Waals surface area contributed by atoms with Crippen molar-refractivity contribution in [3.05, 3.63) is 35.9 Å². The molecular formula is C17H20O4. The van der Waals surface area contributed by atoms with Crippen molar-refractivity contribution < 1.29 is 19.4 Å². The number of fused-ring (bicyclic) bond motifs is 1. The Morgan fingerprint density at radius 1 is 1.05 bits per heavy atom. The molecule has 4 heteroatoms. The number of rotatable bonds is 7. The molecule has 0 saturated heterocycles. The van der Waals surface area contributed by atoms with Crippen LogP contribution in [0.25, 0.3) is 10.8 Å². The molecule has 0 aliphatic heterocycles. The lowest BCUT2D eigenvalue weighted by atomic mass is 10.0. The molecule has 0 amide bonds. The van der Waals surface area contributed by atoms with Crippen LogP contribution in [0.4, 0.5) is 0 Å². The minimum Gasteiger partial charge on any atom is -0.493 e. The summed E-state index contributed by atoms with van der Waals surface area (Å²) in [6, 6.07) is 9.13. The fourth-order valence-electron chi connectivity index (χ4n) is 2.17. The summed E-state index contributed by atoms with van der Waals surface area (Å²) in [6.07, 6.45) is 1.69. The summed E-state index contributed by atoms with van der Waals surface area (Å²) in [5.41, 5.74) is 0.147. The van der Waals surface area contributed by atoms with Crippen molar-refractivity contribution in [1.29, 1.82) is 0 Å². The fourth-order valence-corrected chi connectivity index (χ4v) is 2.17. The SMILES string of the molecule is CCCOc1cc(C(=O)O)c(OCCC)c2ccccc12. The average molecular weight is 288 g/mol. The quantitative estimate of drug-likeness (QED) is 0.832. The Hall–Kier alpha value is -2.23. The molecule has 4 nitrogen and oxygen atoms in total. The summed E-state index contributed by atoms with van der Waals surface area (Å²) < 4.78 is 11.4. The van der Waals surface area contributed by atoms with Crippen LogP contribution in [0.2, 0.25) is 0 Å². The maximum Gasteiger partial charge on any atom is 0.339 e. The third kappa shape index (κ3) is 3.27. The lowest BCUT2D eigenvalue weighted by Crippen LogP contribution is -2.06. The summed E-state index contributed by atoms with van der Waals surface area (Å²) in [4.78, 5) is 11.5. The van der Waals surface area contributed by atoms with E-state index < -0.39 is 5.97 Å². The van der Waals surface area contributed by atoms with E-state index in [0.717, 1.165) is 23.6 Å². The Kier molecular flexibility index (Phi) is 5.04. The molecule has 0 atom stereocenters. The smallest absolute Gasteiger partial charge is 0.339 e. The maximum absolute atomic E-state index is 11.5. The topological polar surface area (TPSA) is 55.8 Å². The second kappa shape index (κ2) is 6.97. The van der Waals surface area contributed by atoms with Crippen molar-refractivity contribution in [2.24, 2.45) is 0 Å². The van der Waals surface area contributed by atoms with Crippen LogP contribution in [0.15, 0.2) is 30.3 Å². The summed E-state index contributed by atoms with van der Waals surface area (Å²) >= 11 is 0. The molecule has 2 rings (SSSR count). The van der Waals surface area contributed by atoms with Crippen LogP contribution in [-0.2, 0) is 0 Å². The van der Waals surface area contributed by atoms with E-state index in [2.05, 4.69) is 0 Å². The van der Waals surface area contributed by atoms with E-state index in [1.165, 1.54) is 0 Å². The molecule has 0 saturated carbocycles. The highest BCUT2D eigenvalue weighted by Crippen LogP contribution is 2.37. The molecule has 0 heterocycles. The number of aromatic carboxylic acids is 1. The standard InChI is InChI=1S/C17H20O4/c1-3-9-20-15-11-14(17(18)19)16(21-10-4-2)13-8-6-5-7-12(13)15/h5-8,11H,3-4,9-10H2,1-2H3,(H,18,19). The molecule has 0 aliphatic carbocycles. The number of hydrogen-bond acceptors (Lipinski definition) is 3. The summed E-state index contributed by atoms with van der Waals surface area (Å²) in [5.74, 6) is 0.00528. The van der Waals surface area contributed by atoms with Crippen molar-refractivity contribution >= 4 is 16.7 Å². The zero-order valence-corrected chi connectivity index (χ0v) is 12.4. The van der Waals surface area contributed by atoms with Crippen molar-refractivity contribution in [2.75, 3.05) is 13.2 Å². The molecule has 0 fully saturated rings. The van der Waals surface area contributed by atoms with E-state index in [4.69, 9.17) is 9.47 Å². The monoisotopic (exact) mass is 288 g/mol. The van der Waals surface area contributed by atoms with Crippen LogP contribution in [0.3, 0.4) is 0 Å². The van der Waals surface area contributed by atoms with Gasteiger partial charge >= 0.3 is 5.97 Å². The molecule has 0 bridgehead atoms. The first-order valence-corrected chi connectivity index (χ1v) is 7.23. The van der Waals surface area contributed by atoms with Crippen LogP contribution < -0.4 is 9.47 Å². The van der Waals surface area contributed by atoms with Gasteiger partial charge in [-0.1, -0.05) is 38.1 Å². The molecular weight excluding hydrogens is 268 g/mol. The van der Waals surface area contributed by atoms with E-state index in [1.807, 2.05) is 38.1 Å². The zero-order chi connectivity index (χ0) is 15.2. The van der Waals surface area contributed by atoms with Crippen molar-refractivity contribution in [2.45, 2.75) is 26.7 Å². The highest BCUT2D eigenvalue weighted by Gasteiger charge is 2.18. The predicted molar refractivity (Wildman–Crippen MR) is 82.5 cm³/mol. The number of carbonyl (C=O) groups is 1. The van der Waals surface area contributed by atoms with Gasteiger partial charge in [0.15, 0.2) is 0 Å². The Morgan fingerprint density at radius 2 is 1.67 bits per heavy atom. The summed E-state index contributed by atoms with van der Waals surface area (Å²) in [6.45, 7) is 5.04. The van der Waals surface area contributed by atoms with E-state index in [-0.39, 0.29) is 5.56 Å². The third-order valence-electron chi connectivity index (χ3n) is 3.10. The molecule has 112 valence electrons. The lowest BCUT2D eigenvalue weighted by molar-refractivity contribution is 0.0692. The first-order valence-electron chi connectivity index (χ1n) is 7.23. The van der Waals surface area contributed by atoms with Gasteiger partial charge in [0.05, 0.1) is 13.2 Å². The number of carboxylic acids is 1. The predicted octanol–water partition coefficient (Wildman–Crippen LogP) is 4.12. The minimum atomic E-state index is -1.01. The van der Waals surface area contributed by atoms with Gasteiger partial charge in [0, 0.05) is 10.8 Å². The van der Waals surface area contributed by atoms with Crippen molar-refractivity contribution in [1.82, 2.24) is 0 Å². The van der Waals surface area contributed by atoms with Crippen LogP contribution in [0.1, 0.15) is 37.0 Å². The van der Waals surface area contributed by atoms with Crippen LogP contribution in [0, 0.1) is 0 Å². The molecule has 1 N–H and O–H groups in total. The maximum atomic E-state index is 11.5. The van der Waals surface area contributed by atoms with Gasteiger partial charge in [0.1, 0.15) is 17.1 Å². The highest BCUT2D eigenvalue weighted by atomic mass is 16.5. The minimum absolute atomic E-state index is 0.147. The summed E-state index contributed by atoms with van der Waals surface area (Å²) in [7, 11) is 0. The van der Waals surface area contributed by atoms with Gasteiger partial charge in [-0.2, -0.15) is 0 Å². The van der Waals surface area contributed by atoms with Gasteiger partial charge < -0.3 is 14.6 Å². The van der Waals surface area contributed by atoms with Crippen molar-refractivity contribution in [3.8, 4) is 11.5 Å². The number of benzene rings is 2. The van der Waals surface area contributed by atoms with E-state index >= 15 is 0 Å². The van der Waals surface area contributed by atoms with Crippen LogP contribution >= 0.6 is 0 Å². The van der Waals surface area contributed by atoms with Gasteiger partial charge in [-0.3, -0.25) is 0 Å². The van der Waals surface area contributed by atoms with E-state index in [9.17, 15) is 9.90 Å². The molecule has 2 aromatic carbocycles. The normalized spacial score (nSPS) is 10.6. The third-order valence-corrected chi connectivity index (χ3v) is 3.10.